The molecule has 2 nitrogen and oxygen atoms in total. The summed E-state index contributed by atoms with van der Waals surface area (Å²) in [4.78, 5) is 11.9. The van der Waals surface area contributed by atoms with Crippen LogP contribution in [-0.4, -0.2) is 17.3 Å². The minimum absolute atomic E-state index is 0.0781. The minimum atomic E-state index is -0.377. The predicted molar refractivity (Wildman–Crippen MR) is 71.4 cm³/mol. The molecule has 0 aliphatic rings. The third-order valence-electron chi connectivity index (χ3n) is 1.90. The van der Waals surface area contributed by atoms with Crippen molar-refractivity contribution < 1.29 is 4.79 Å². The van der Waals surface area contributed by atoms with Gasteiger partial charge in [0.1, 0.15) is 0 Å². The largest absolute Gasteiger partial charge is 0.346 e. The van der Waals surface area contributed by atoms with E-state index in [1.807, 2.05) is 32.0 Å². The second-order valence-electron chi connectivity index (χ2n) is 3.95. The quantitative estimate of drug-likeness (QED) is 0.667. The zero-order valence-electron chi connectivity index (χ0n) is 8.68. The molecule has 1 aromatic carbocycles. The number of nitrogens with one attached hydrogen (secondary N) is 1. The lowest BCUT2D eigenvalue weighted by Gasteiger charge is -2.23. The van der Waals surface area contributed by atoms with Gasteiger partial charge in [-0.05, 0) is 48.6 Å². The van der Waals surface area contributed by atoms with Crippen LogP contribution in [0.25, 0.3) is 0 Å². The molecule has 0 atom stereocenters. The van der Waals surface area contributed by atoms with Gasteiger partial charge in [-0.25, -0.2) is 0 Å². The Balaban J connectivity index is 2.83. The molecule has 1 rings (SSSR count). The van der Waals surface area contributed by atoms with Crippen LogP contribution in [0.1, 0.15) is 24.2 Å². The van der Waals surface area contributed by atoms with Crippen molar-refractivity contribution in [2.75, 3.05) is 5.88 Å². The first kappa shape index (κ1) is 12.8. The summed E-state index contributed by atoms with van der Waals surface area (Å²) >= 11 is 7.89. The summed E-state index contributed by atoms with van der Waals surface area (Å²) in [7, 11) is 0. The summed E-state index contributed by atoms with van der Waals surface area (Å²) in [5.41, 5.74) is 0.314. The molecule has 0 aliphatic carbocycles. The molecule has 4 heteroatoms. The van der Waals surface area contributed by atoms with Crippen molar-refractivity contribution >= 4 is 40.1 Å². The second-order valence-corrected chi connectivity index (χ2v) is 5.38. The van der Waals surface area contributed by atoms with E-state index >= 15 is 0 Å². The number of alkyl halides is 1. The van der Waals surface area contributed by atoms with Crippen molar-refractivity contribution in [3.63, 3.8) is 0 Å². The average molecular weight is 338 g/mol. The molecule has 82 valence electrons. The van der Waals surface area contributed by atoms with Crippen LogP contribution >= 0.6 is 34.2 Å². The van der Waals surface area contributed by atoms with Gasteiger partial charge < -0.3 is 5.32 Å². The first-order valence-corrected chi connectivity index (χ1v) is 6.20. The molecule has 0 spiro atoms. The smallest absolute Gasteiger partial charge is 0.252 e. The topological polar surface area (TPSA) is 29.1 Å². The Morgan fingerprint density at radius 1 is 1.47 bits per heavy atom. The molecular weight excluding hydrogens is 324 g/mol. The molecule has 1 aromatic rings. The highest BCUT2D eigenvalue weighted by atomic mass is 127. The van der Waals surface area contributed by atoms with Crippen LogP contribution in [0.15, 0.2) is 24.3 Å². The van der Waals surface area contributed by atoms with Gasteiger partial charge in [-0.3, -0.25) is 4.79 Å². The Kier molecular flexibility index (Phi) is 4.40. The molecule has 0 radical (unpaired) electrons. The van der Waals surface area contributed by atoms with E-state index in [1.165, 1.54) is 0 Å². The molecule has 0 saturated carbocycles. The van der Waals surface area contributed by atoms with Crippen molar-refractivity contribution in [1.82, 2.24) is 5.32 Å². The van der Waals surface area contributed by atoms with E-state index in [-0.39, 0.29) is 11.4 Å². The molecule has 0 aliphatic heterocycles. The summed E-state index contributed by atoms with van der Waals surface area (Å²) in [6.45, 7) is 3.79. The van der Waals surface area contributed by atoms with Crippen LogP contribution in [-0.2, 0) is 0 Å². The fraction of sp³-hybridized carbons (Fsp3) is 0.364. The Hall–Kier alpha value is -0.290. The maximum atomic E-state index is 11.9. The lowest BCUT2D eigenvalue weighted by molar-refractivity contribution is 0.0919. The summed E-state index contributed by atoms with van der Waals surface area (Å²) < 4.78 is 0.943. The molecule has 0 saturated heterocycles. The van der Waals surface area contributed by atoms with E-state index in [0.29, 0.717) is 11.4 Å². The number of hydrogen-bond donors (Lipinski definition) is 1. The summed E-state index contributed by atoms with van der Waals surface area (Å²) in [5.74, 6) is 0.313. The fourth-order valence-electron chi connectivity index (χ4n) is 1.05. The van der Waals surface area contributed by atoms with Gasteiger partial charge in [0.25, 0.3) is 5.91 Å². The van der Waals surface area contributed by atoms with E-state index < -0.39 is 0 Å². The summed E-state index contributed by atoms with van der Waals surface area (Å²) in [6, 6.07) is 7.47. The predicted octanol–water partition coefficient (Wildman–Crippen LogP) is 3.04. The van der Waals surface area contributed by atoms with Crippen LogP contribution in [0.2, 0.25) is 0 Å². The first-order chi connectivity index (χ1) is 6.96. The first-order valence-electron chi connectivity index (χ1n) is 4.59. The second kappa shape index (κ2) is 5.16. The van der Waals surface area contributed by atoms with Crippen LogP contribution in [0.3, 0.4) is 0 Å². The van der Waals surface area contributed by atoms with Crippen LogP contribution in [0.4, 0.5) is 0 Å². The number of carbonyl (C=O) groups is 1. The molecule has 0 fully saturated rings. The number of rotatable bonds is 3. The maximum absolute atomic E-state index is 11.9. The zero-order valence-corrected chi connectivity index (χ0v) is 11.6. The van der Waals surface area contributed by atoms with Gasteiger partial charge in [-0.2, -0.15) is 0 Å². The maximum Gasteiger partial charge on any atom is 0.252 e. The minimum Gasteiger partial charge on any atom is -0.346 e. The fourth-order valence-corrected chi connectivity index (χ4v) is 1.75. The van der Waals surface area contributed by atoms with Gasteiger partial charge in [0, 0.05) is 15.0 Å². The van der Waals surface area contributed by atoms with Crippen molar-refractivity contribution in [1.29, 1.82) is 0 Å². The number of carbonyl (C=O) groups excluding carboxylic acids is 1. The monoisotopic (exact) mass is 337 g/mol. The Morgan fingerprint density at radius 3 is 2.60 bits per heavy atom. The van der Waals surface area contributed by atoms with Crippen LogP contribution in [0.5, 0.6) is 0 Å². The molecule has 1 N–H and O–H groups in total. The molecule has 0 heterocycles. The number of amides is 1. The zero-order chi connectivity index (χ0) is 11.5. The van der Waals surface area contributed by atoms with Gasteiger partial charge in [-0.1, -0.05) is 12.1 Å². The molecular formula is C11H13ClINO. The highest BCUT2D eigenvalue weighted by Gasteiger charge is 2.20. The summed E-state index contributed by atoms with van der Waals surface area (Å²) in [5, 5.41) is 2.89. The average Bonchev–Trinajstić information content (AvgIpc) is 2.17. The van der Waals surface area contributed by atoms with Gasteiger partial charge >= 0.3 is 0 Å². The van der Waals surface area contributed by atoms with Crippen LogP contribution < -0.4 is 5.32 Å². The molecule has 0 unspecified atom stereocenters. The van der Waals surface area contributed by atoms with Crippen molar-refractivity contribution in [2.45, 2.75) is 19.4 Å². The number of benzene rings is 1. The number of hydrogen-bond acceptors (Lipinski definition) is 1. The highest BCUT2D eigenvalue weighted by Crippen LogP contribution is 2.13. The van der Waals surface area contributed by atoms with Gasteiger partial charge in [0.15, 0.2) is 0 Å². The van der Waals surface area contributed by atoms with Gasteiger partial charge in [0.05, 0.1) is 5.56 Å². The van der Waals surface area contributed by atoms with Crippen molar-refractivity contribution in [3.05, 3.63) is 33.4 Å². The normalized spacial score (nSPS) is 11.2. The Bertz CT molecular complexity index is 365. The van der Waals surface area contributed by atoms with Gasteiger partial charge in [0.2, 0.25) is 0 Å². The van der Waals surface area contributed by atoms with Crippen molar-refractivity contribution in [3.8, 4) is 0 Å². The van der Waals surface area contributed by atoms with E-state index in [9.17, 15) is 4.79 Å². The van der Waals surface area contributed by atoms with Crippen LogP contribution in [0, 0.1) is 3.57 Å². The lowest BCUT2D eigenvalue weighted by Crippen LogP contribution is -2.45. The van der Waals surface area contributed by atoms with Crippen molar-refractivity contribution in [2.24, 2.45) is 0 Å². The standard InChI is InChI=1S/C11H13ClINO/c1-11(2,7-12)14-10(15)8-5-3-4-6-9(8)13/h3-6H,7H2,1-2H3,(H,14,15). The molecule has 0 aromatic heterocycles. The van der Waals surface area contributed by atoms with E-state index in [1.54, 1.807) is 6.07 Å². The third-order valence-corrected chi connectivity index (χ3v) is 3.51. The van der Waals surface area contributed by atoms with E-state index in [4.69, 9.17) is 11.6 Å². The SMILES string of the molecule is CC(C)(CCl)NC(=O)c1ccccc1I. The van der Waals surface area contributed by atoms with E-state index in [0.717, 1.165) is 3.57 Å². The third kappa shape index (κ3) is 3.65. The highest BCUT2D eigenvalue weighted by molar-refractivity contribution is 14.1. The Labute approximate surface area is 109 Å². The Morgan fingerprint density at radius 2 is 2.07 bits per heavy atom. The van der Waals surface area contributed by atoms with E-state index in [2.05, 4.69) is 27.9 Å². The summed E-state index contributed by atoms with van der Waals surface area (Å²) in [6.07, 6.45) is 0. The lowest BCUT2D eigenvalue weighted by atomic mass is 10.1. The number of halogens is 2. The molecule has 1 amide bonds. The molecule has 15 heavy (non-hydrogen) atoms. The molecule has 0 bridgehead atoms. The van der Waals surface area contributed by atoms with Gasteiger partial charge in [-0.15, -0.1) is 11.6 Å².